The molecule has 0 saturated carbocycles. The number of aromatic amines is 1. The molecule has 5 heteroatoms. The van der Waals surface area contributed by atoms with Crippen LogP contribution in [-0.4, -0.2) is 20.4 Å². The summed E-state index contributed by atoms with van der Waals surface area (Å²) < 4.78 is 0. The molecule has 0 fully saturated rings. The Morgan fingerprint density at radius 3 is 3.20 bits per heavy atom. The minimum absolute atomic E-state index is 0.571. The monoisotopic (exact) mass is 154 g/mol. The number of hydrogen-bond donors (Lipinski definition) is 1. The molecule has 1 N–H and O–H groups in total. The molecule has 0 aliphatic carbocycles. The fourth-order valence-electron chi connectivity index (χ4n) is 0.716. The summed E-state index contributed by atoms with van der Waals surface area (Å²) in [6, 6.07) is 1.70. The highest BCUT2D eigenvalue weighted by molar-refractivity contribution is 6.30. The zero-order chi connectivity index (χ0) is 6.97. The van der Waals surface area contributed by atoms with Crippen molar-refractivity contribution < 1.29 is 0 Å². The maximum Gasteiger partial charge on any atom is 0.201 e. The van der Waals surface area contributed by atoms with Crippen molar-refractivity contribution in [3.8, 4) is 0 Å². The molecule has 0 radical (unpaired) electrons. The van der Waals surface area contributed by atoms with Crippen LogP contribution < -0.4 is 0 Å². The summed E-state index contributed by atoms with van der Waals surface area (Å²) in [7, 11) is 0. The second kappa shape index (κ2) is 1.91. The van der Waals surface area contributed by atoms with Gasteiger partial charge in [0.1, 0.15) is 5.52 Å². The van der Waals surface area contributed by atoms with E-state index in [0.29, 0.717) is 16.2 Å². The third-order valence-corrected chi connectivity index (χ3v) is 1.35. The lowest BCUT2D eigenvalue weighted by atomic mass is 10.4. The first kappa shape index (κ1) is 5.61. The fraction of sp³-hybridized carbons (Fsp3) is 0. The van der Waals surface area contributed by atoms with Crippen molar-refractivity contribution in [3.05, 3.63) is 17.3 Å². The summed E-state index contributed by atoms with van der Waals surface area (Å²) in [6.45, 7) is 0. The van der Waals surface area contributed by atoms with Gasteiger partial charge in [0.15, 0.2) is 0 Å². The first-order valence-electron chi connectivity index (χ1n) is 2.68. The SMILES string of the molecule is Clc1cnc2n[nH]nc2c1. The van der Waals surface area contributed by atoms with Gasteiger partial charge in [0.05, 0.1) is 5.02 Å². The van der Waals surface area contributed by atoms with Crippen LogP contribution in [0.5, 0.6) is 0 Å². The van der Waals surface area contributed by atoms with Crippen LogP contribution in [0.3, 0.4) is 0 Å². The molecule has 2 aromatic heterocycles. The molecule has 2 heterocycles. The van der Waals surface area contributed by atoms with Crippen LogP contribution in [0.1, 0.15) is 0 Å². The lowest BCUT2D eigenvalue weighted by molar-refractivity contribution is 0.954. The summed E-state index contributed by atoms with van der Waals surface area (Å²) >= 11 is 5.63. The second-order valence-electron chi connectivity index (χ2n) is 1.82. The minimum Gasteiger partial charge on any atom is -0.232 e. The van der Waals surface area contributed by atoms with Gasteiger partial charge >= 0.3 is 0 Å². The lowest BCUT2D eigenvalue weighted by Crippen LogP contribution is -1.74. The van der Waals surface area contributed by atoms with Crippen LogP contribution in [0, 0.1) is 0 Å². The van der Waals surface area contributed by atoms with Crippen LogP contribution in [0.25, 0.3) is 11.2 Å². The Morgan fingerprint density at radius 1 is 1.40 bits per heavy atom. The Bertz CT molecular complexity index is 355. The van der Waals surface area contributed by atoms with Gasteiger partial charge in [-0.1, -0.05) is 11.6 Å². The van der Waals surface area contributed by atoms with E-state index in [9.17, 15) is 0 Å². The van der Waals surface area contributed by atoms with Gasteiger partial charge in [0, 0.05) is 6.20 Å². The summed E-state index contributed by atoms with van der Waals surface area (Å²) in [6.07, 6.45) is 1.53. The minimum atomic E-state index is 0.571. The van der Waals surface area contributed by atoms with E-state index >= 15 is 0 Å². The molecule has 0 aliphatic heterocycles. The number of nitrogens with one attached hydrogen (secondary N) is 1. The van der Waals surface area contributed by atoms with Crippen molar-refractivity contribution in [2.75, 3.05) is 0 Å². The molecule has 0 aliphatic rings. The molecule has 0 saturated heterocycles. The molecule has 0 bridgehead atoms. The molecule has 4 nitrogen and oxygen atoms in total. The first-order valence-corrected chi connectivity index (χ1v) is 3.06. The molecular formula is C5H3ClN4. The summed E-state index contributed by atoms with van der Waals surface area (Å²) in [5, 5.41) is 10.6. The molecule has 0 spiro atoms. The standard InChI is InChI=1S/C5H3ClN4/c6-3-1-4-5(7-2-3)9-10-8-4/h1-2H,(H,7,8,9,10). The Labute approximate surface area is 61.2 Å². The molecule has 10 heavy (non-hydrogen) atoms. The number of pyridine rings is 1. The van der Waals surface area contributed by atoms with Gasteiger partial charge in [0.25, 0.3) is 0 Å². The van der Waals surface area contributed by atoms with Gasteiger partial charge in [0.2, 0.25) is 5.65 Å². The van der Waals surface area contributed by atoms with Gasteiger partial charge < -0.3 is 0 Å². The summed E-state index contributed by atoms with van der Waals surface area (Å²) in [5.41, 5.74) is 1.27. The van der Waals surface area contributed by atoms with Crippen molar-refractivity contribution in [3.63, 3.8) is 0 Å². The normalized spacial score (nSPS) is 10.5. The molecule has 0 unspecified atom stereocenters. The third kappa shape index (κ3) is 0.733. The van der Waals surface area contributed by atoms with E-state index in [1.54, 1.807) is 6.07 Å². The maximum atomic E-state index is 5.63. The quantitative estimate of drug-likeness (QED) is 0.616. The third-order valence-electron chi connectivity index (χ3n) is 1.14. The second-order valence-corrected chi connectivity index (χ2v) is 2.26. The van der Waals surface area contributed by atoms with Crippen LogP contribution in [0.15, 0.2) is 12.3 Å². The number of rotatable bonds is 0. The van der Waals surface area contributed by atoms with Crippen molar-refractivity contribution in [1.29, 1.82) is 0 Å². The van der Waals surface area contributed by atoms with Crippen molar-refractivity contribution in [1.82, 2.24) is 20.4 Å². The highest BCUT2D eigenvalue weighted by Crippen LogP contribution is 2.10. The average Bonchev–Trinajstić information content (AvgIpc) is 2.33. The summed E-state index contributed by atoms with van der Waals surface area (Å²) in [4.78, 5) is 3.90. The van der Waals surface area contributed by atoms with Gasteiger partial charge in [-0.2, -0.15) is 10.3 Å². The average molecular weight is 155 g/mol. The molecule has 2 aromatic rings. The number of halogens is 1. The highest BCUT2D eigenvalue weighted by Gasteiger charge is 1.97. The number of nitrogens with zero attached hydrogens (tertiary/aromatic N) is 3. The Morgan fingerprint density at radius 2 is 2.30 bits per heavy atom. The zero-order valence-electron chi connectivity index (χ0n) is 4.87. The van der Waals surface area contributed by atoms with Crippen LogP contribution in [-0.2, 0) is 0 Å². The molecule has 50 valence electrons. The number of aromatic nitrogens is 4. The Kier molecular flexibility index (Phi) is 1.07. The van der Waals surface area contributed by atoms with E-state index in [4.69, 9.17) is 11.6 Å². The number of hydrogen-bond acceptors (Lipinski definition) is 3. The van der Waals surface area contributed by atoms with E-state index in [0.717, 1.165) is 0 Å². The van der Waals surface area contributed by atoms with E-state index in [-0.39, 0.29) is 0 Å². The van der Waals surface area contributed by atoms with E-state index in [1.807, 2.05) is 0 Å². The topological polar surface area (TPSA) is 54.5 Å². The molecule has 0 atom stereocenters. The fourth-order valence-corrected chi connectivity index (χ4v) is 0.868. The molecule has 0 aromatic carbocycles. The van der Waals surface area contributed by atoms with Crippen molar-refractivity contribution in [2.24, 2.45) is 0 Å². The van der Waals surface area contributed by atoms with E-state index < -0.39 is 0 Å². The van der Waals surface area contributed by atoms with Crippen molar-refractivity contribution >= 4 is 22.8 Å². The van der Waals surface area contributed by atoms with Crippen LogP contribution >= 0.6 is 11.6 Å². The van der Waals surface area contributed by atoms with E-state index in [1.165, 1.54) is 6.20 Å². The van der Waals surface area contributed by atoms with Gasteiger partial charge in [-0.25, -0.2) is 4.98 Å². The van der Waals surface area contributed by atoms with Crippen LogP contribution in [0.4, 0.5) is 0 Å². The Hall–Kier alpha value is -1.16. The van der Waals surface area contributed by atoms with Gasteiger partial charge in [-0.05, 0) is 6.07 Å². The number of H-pyrrole nitrogens is 1. The molecular weight excluding hydrogens is 152 g/mol. The predicted octanol–water partition coefficient (Wildman–Crippen LogP) is 1.01. The predicted molar refractivity (Wildman–Crippen MR) is 36.7 cm³/mol. The van der Waals surface area contributed by atoms with Crippen LogP contribution in [0.2, 0.25) is 5.02 Å². The van der Waals surface area contributed by atoms with E-state index in [2.05, 4.69) is 20.4 Å². The molecule has 0 amide bonds. The smallest absolute Gasteiger partial charge is 0.201 e. The van der Waals surface area contributed by atoms with Crippen molar-refractivity contribution in [2.45, 2.75) is 0 Å². The Balaban J connectivity index is 2.86. The zero-order valence-corrected chi connectivity index (χ0v) is 5.63. The lowest BCUT2D eigenvalue weighted by Gasteiger charge is -1.84. The molecule has 2 rings (SSSR count). The summed E-state index contributed by atoms with van der Waals surface area (Å²) in [5.74, 6) is 0. The maximum absolute atomic E-state index is 5.63. The highest BCUT2D eigenvalue weighted by atomic mass is 35.5. The van der Waals surface area contributed by atoms with Gasteiger partial charge in [-0.3, -0.25) is 0 Å². The van der Waals surface area contributed by atoms with Gasteiger partial charge in [-0.15, -0.1) is 5.10 Å². The first-order chi connectivity index (χ1) is 4.86. The largest absolute Gasteiger partial charge is 0.232 e. The number of fused-ring (bicyclic) bond motifs is 1.